The van der Waals surface area contributed by atoms with Crippen molar-refractivity contribution in [3.63, 3.8) is 0 Å². The van der Waals surface area contributed by atoms with Crippen LogP contribution in [0.25, 0.3) is 0 Å². The predicted octanol–water partition coefficient (Wildman–Crippen LogP) is 6.56. The van der Waals surface area contributed by atoms with Gasteiger partial charge in [0.15, 0.2) is 0 Å². The molecule has 1 spiro atoms. The molecular formula is C29H30O3. The van der Waals surface area contributed by atoms with Gasteiger partial charge in [-0.15, -0.1) is 0 Å². The third-order valence-electron chi connectivity index (χ3n) is 7.41. The third kappa shape index (κ3) is 3.06. The van der Waals surface area contributed by atoms with Gasteiger partial charge in [0, 0.05) is 5.41 Å². The maximum atomic E-state index is 12.7. The number of rotatable bonds is 3. The molecule has 0 aromatic heterocycles. The topological polar surface area (TPSA) is 35.5 Å². The van der Waals surface area contributed by atoms with E-state index >= 15 is 0 Å². The second-order valence-corrected chi connectivity index (χ2v) is 10.6. The van der Waals surface area contributed by atoms with E-state index < -0.39 is 0 Å². The number of ether oxygens (including phenoxy) is 2. The average Bonchev–Trinajstić information content (AvgIpc) is 3.13. The Morgan fingerprint density at radius 2 is 1.25 bits per heavy atom. The summed E-state index contributed by atoms with van der Waals surface area (Å²) in [5.41, 5.74) is 5.86. The van der Waals surface area contributed by atoms with E-state index in [1.807, 2.05) is 24.3 Å². The van der Waals surface area contributed by atoms with Gasteiger partial charge in [0.25, 0.3) is 0 Å². The van der Waals surface area contributed by atoms with Crippen molar-refractivity contribution in [1.82, 2.24) is 0 Å². The highest BCUT2D eigenvalue weighted by molar-refractivity contribution is 5.91. The Morgan fingerprint density at radius 1 is 0.719 bits per heavy atom. The molecule has 164 valence electrons. The molecule has 2 aliphatic rings. The molecule has 0 N–H and O–H groups in total. The molecule has 32 heavy (non-hydrogen) atoms. The predicted molar refractivity (Wildman–Crippen MR) is 127 cm³/mol. The highest BCUT2D eigenvalue weighted by Crippen LogP contribution is 2.63. The fourth-order valence-corrected chi connectivity index (χ4v) is 6.24. The molecular weight excluding hydrogens is 396 g/mol. The lowest BCUT2D eigenvalue weighted by atomic mass is 9.72. The Bertz CT molecular complexity index is 1200. The van der Waals surface area contributed by atoms with E-state index in [-0.39, 0.29) is 22.2 Å². The van der Waals surface area contributed by atoms with Crippen molar-refractivity contribution in [3.8, 4) is 11.5 Å². The van der Waals surface area contributed by atoms with Gasteiger partial charge in [-0.2, -0.15) is 0 Å². The van der Waals surface area contributed by atoms with Crippen LogP contribution < -0.4 is 9.47 Å². The first-order valence-corrected chi connectivity index (χ1v) is 11.3. The van der Waals surface area contributed by atoms with E-state index in [1.165, 1.54) is 22.3 Å². The van der Waals surface area contributed by atoms with Crippen molar-refractivity contribution in [2.45, 2.75) is 56.8 Å². The van der Waals surface area contributed by atoms with Crippen molar-refractivity contribution in [1.29, 1.82) is 0 Å². The lowest BCUT2D eigenvalue weighted by Gasteiger charge is -2.30. The number of esters is 1. The highest BCUT2D eigenvalue weighted by Gasteiger charge is 2.56. The standard InChI is InChI=1S/C29H30O3/c1-27(2)17-29(24-15-20(31-5)11-13-22(24)27)18-28(3,4)23-14-12-21(16-25(23)29)32-26(30)19-9-7-6-8-10-19/h6-16H,17-18H2,1-5H3. The zero-order chi connectivity index (χ0) is 22.7. The molecule has 3 heteroatoms. The van der Waals surface area contributed by atoms with Crippen molar-refractivity contribution in [3.05, 3.63) is 94.5 Å². The zero-order valence-electron chi connectivity index (χ0n) is 19.5. The van der Waals surface area contributed by atoms with E-state index in [4.69, 9.17) is 9.47 Å². The van der Waals surface area contributed by atoms with Gasteiger partial charge < -0.3 is 9.47 Å². The Balaban J connectivity index is 1.63. The van der Waals surface area contributed by atoms with Gasteiger partial charge in [0.2, 0.25) is 0 Å². The molecule has 0 saturated carbocycles. The fourth-order valence-electron chi connectivity index (χ4n) is 6.24. The zero-order valence-corrected chi connectivity index (χ0v) is 19.5. The van der Waals surface area contributed by atoms with Crippen LogP contribution in [0.2, 0.25) is 0 Å². The Kier molecular flexibility index (Phi) is 4.53. The summed E-state index contributed by atoms with van der Waals surface area (Å²) in [6.45, 7) is 9.30. The van der Waals surface area contributed by atoms with Gasteiger partial charge in [-0.25, -0.2) is 4.79 Å². The lowest BCUT2D eigenvalue weighted by Crippen LogP contribution is -2.27. The molecule has 1 atom stereocenters. The molecule has 0 heterocycles. The molecule has 0 bridgehead atoms. The molecule has 1 unspecified atom stereocenters. The highest BCUT2D eigenvalue weighted by atomic mass is 16.5. The van der Waals surface area contributed by atoms with E-state index in [1.54, 1.807) is 19.2 Å². The molecule has 0 radical (unpaired) electrons. The minimum atomic E-state index is -0.328. The third-order valence-corrected chi connectivity index (χ3v) is 7.41. The quantitative estimate of drug-likeness (QED) is 0.351. The molecule has 3 nitrogen and oxygen atoms in total. The first-order valence-electron chi connectivity index (χ1n) is 11.3. The number of hydrogen-bond donors (Lipinski definition) is 0. The summed E-state index contributed by atoms with van der Waals surface area (Å²) in [6, 6.07) is 21.9. The number of hydrogen-bond acceptors (Lipinski definition) is 3. The van der Waals surface area contributed by atoms with E-state index in [0.717, 1.165) is 18.6 Å². The van der Waals surface area contributed by atoms with Crippen LogP contribution in [0, 0.1) is 0 Å². The number of carbonyl (C=O) groups excluding carboxylic acids is 1. The summed E-state index contributed by atoms with van der Waals surface area (Å²) in [7, 11) is 1.72. The maximum Gasteiger partial charge on any atom is 0.343 e. The fraction of sp³-hybridized carbons (Fsp3) is 0.345. The maximum absolute atomic E-state index is 12.7. The van der Waals surface area contributed by atoms with Crippen LogP contribution in [-0.4, -0.2) is 13.1 Å². The molecule has 0 amide bonds. The summed E-state index contributed by atoms with van der Waals surface area (Å²) < 4.78 is 11.4. The average molecular weight is 427 g/mol. The Labute approximate surface area is 190 Å². The summed E-state index contributed by atoms with van der Waals surface area (Å²) in [5.74, 6) is 1.16. The van der Waals surface area contributed by atoms with Crippen LogP contribution in [0.4, 0.5) is 0 Å². The van der Waals surface area contributed by atoms with Crippen molar-refractivity contribution in [2.24, 2.45) is 0 Å². The van der Waals surface area contributed by atoms with Crippen LogP contribution in [0.5, 0.6) is 11.5 Å². The second-order valence-electron chi connectivity index (χ2n) is 10.6. The van der Waals surface area contributed by atoms with Crippen LogP contribution in [0.1, 0.15) is 73.1 Å². The summed E-state index contributed by atoms with van der Waals surface area (Å²) in [5, 5.41) is 0. The van der Waals surface area contributed by atoms with Crippen LogP contribution in [0.15, 0.2) is 66.7 Å². The van der Waals surface area contributed by atoms with Gasteiger partial charge >= 0.3 is 5.97 Å². The molecule has 0 aliphatic heterocycles. The largest absolute Gasteiger partial charge is 0.497 e. The van der Waals surface area contributed by atoms with Crippen molar-refractivity contribution >= 4 is 5.97 Å². The molecule has 3 aromatic carbocycles. The van der Waals surface area contributed by atoms with Gasteiger partial charge in [0.05, 0.1) is 12.7 Å². The minimum absolute atomic E-state index is 0.0259. The van der Waals surface area contributed by atoms with E-state index in [0.29, 0.717) is 11.3 Å². The number of methoxy groups -OCH3 is 1. The second kappa shape index (κ2) is 6.96. The number of benzene rings is 3. The SMILES string of the molecule is COc1ccc2c(c1)C1(CC2(C)C)CC(C)(C)c2ccc(OC(=O)c3ccccc3)cc21. The van der Waals surface area contributed by atoms with Crippen molar-refractivity contribution in [2.75, 3.05) is 7.11 Å². The monoisotopic (exact) mass is 426 g/mol. The van der Waals surface area contributed by atoms with Gasteiger partial charge in [-0.1, -0.05) is 58.0 Å². The summed E-state index contributed by atoms with van der Waals surface area (Å²) >= 11 is 0. The smallest absolute Gasteiger partial charge is 0.343 e. The summed E-state index contributed by atoms with van der Waals surface area (Å²) in [4.78, 5) is 12.7. The first kappa shape index (κ1) is 20.8. The van der Waals surface area contributed by atoms with Crippen LogP contribution in [0.3, 0.4) is 0 Å². The van der Waals surface area contributed by atoms with E-state index in [9.17, 15) is 4.79 Å². The summed E-state index contributed by atoms with van der Waals surface area (Å²) in [6.07, 6.45) is 2.05. The molecule has 5 rings (SSSR count). The number of fused-ring (bicyclic) bond motifs is 4. The Hall–Kier alpha value is -3.07. The van der Waals surface area contributed by atoms with E-state index in [2.05, 4.69) is 58.0 Å². The lowest BCUT2D eigenvalue weighted by molar-refractivity contribution is 0.0734. The van der Waals surface area contributed by atoms with Crippen LogP contribution >= 0.6 is 0 Å². The van der Waals surface area contributed by atoms with Gasteiger partial charge in [0.1, 0.15) is 11.5 Å². The molecule has 0 fully saturated rings. The molecule has 2 aliphatic carbocycles. The normalized spacial score (nSPS) is 21.8. The molecule has 0 saturated heterocycles. The minimum Gasteiger partial charge on any atom is -0.497 e. The van der Waals surface area contributed by atoms with Crippen LogP contribution in [-0.2, 0) is 16.2 Å². The van der Waals surface area contributed by atoms with Gasteiger partial charge in [-0.05, 0) is 82.3 Å². The Morgan fingerprint density at radius 3 is 1.81 bits per heavy atom. The number of carbonyl (C=O) groups is 1. The molecule has 3 aromatic rings. The first-order chi connectivity index (χ1) is 15.2. The van der Waals surface area contributed by atoms with Crippen molar-refractivity contribution < 1.29 is 14.3 Å². The van der Waals surface area contributed by atoms with Gasteiger partial charge in [-0.3, -0.25) is 0 Å².